The molecule has 6 rings (SSSR count). The standard InChI is InChI=1S/C31H27FN6O2/c1-18(29-26(19-8-6-10-21(32)14-19)24(16-39)23-12-4-5-13-25(23)40-29)38-31-27(30(33)34-17-35-31)28(36-38)20-9-7-11-22(15-20)37(2)3/h4-18,24H,1-3H3,(H2,33,34,35). The van der Waals surface area contributed by atoms with Gasteiger partial charge in [-0.05, 0) is 42.8 Å². The summed E-state index contributed by atoms with van der Waals surface area (Å²) in [6.45, 7) is 1.91. The van der Waals surface area contributed by atoms with E-state index in [-0.39, 0.29) is 0 Å². The second kappa shape index (κ2) is 9.92. The number of hydrogen-bond acceptors (Lipinski definition) is 7. The minimum absolute atomic E-state index is 0.300. The average molecular weight is 535 g/mol. The van der Waals surface area contributed by atoms with E-state index in [4.69, 9.17) is 15.6 Å². The van der Waals surface area contributed by atoms with Crippen LogP contribution in [-0.4, -0.2) is 40.1 Å². The van der Waals surface area contributed by atoms with Crippen LogP contribution in [0.5, 0.6) is 5.75 Å². The molecule has 0 fully saturated rings. The van der Waals surface area contributed by atoms with Crippen molar-refractivity contribution in [2.75, 3.05) is 24.7 Å². The second-order valence-corrected chi connectivity index (χ2v) is 9.91. The number of allylic oxidation sites excluding steroid dienone is 2. The van der Waals surface area contributed by atoms with Crippen LogP contribution in [-0.2, 0) is 4.79 Å². The Labute approximate surface area is 230 Å². The van der Waals surface area contributed by atoms with Gasteiger partial charge in [0.25, 0.3) is 0 Å². The van der Waals surface area contributed by atoms with Crippen molar-refractivity contribution in [1.29, 1.82) is 0 Å². The number of nitrogen functional groups attached to an aromatic ring is 1. The number of fused-ring (bicyclic) bond motifs is 2. The summed E-state index contributed by atoms with van der Waals surface area (Å²) in [5, 5.41) is 5.60. The molecule has 9 heteroatoms. The van der Waals surface area contributed by atoms with E-state index in [1.165, 1.54) is 18.5 Å². The summed E-state index contributed by atoms with van der Waals surface area (Å²) in [6, 6.07) is 21.0. The van der Waals surface area contributed by atoms with Gasteiger partial charge in [0.2, 0.25) is 0 Å². The van der Waals surface area contributed by atoms with Crippen molar-refractivity contribution < 1.29 is 13.9 Å². The number of anilines is 2. The Bertz CT molecular complexity index is 1790. The van der Waals surface area contributed by atoms with Gasteiger partial charge in [0.15, 0.2) is 5.65 Å². The maximum atomic E-state index is 14.4. The van der Waals surface area contributed by atoms with Gasteiger partial charge in [-0.3, -0.25) is 0 Å². The first-order valence-electron chi connectivity index (χ1n) is 12.9. The molecule has 200 valence electrons. The van der Waals surface area contributed by atoms with Crippen LogP contribution in [0, 0.1) is 5.82 Å². The number of aldehydes is 1. The van der Waals surface area contributed by atoms with Gasteiger partial charge in [-0.15, -0.1) is 0 Å². The van der Waals surface area contributed by atoms with Crippen LogP contribution in [0.2, 0.25) is 0 Å². The Kier molecular flexibility index (Phi) is 6.26. The summed E-state index contributed by atoms with van der Waals surface area (Å²) in [6.07, 6.45) is 2.27. The van der Waals surface area contributed by atoms with Crippen molar-refractivity contribution in [3.8, 4) is 17.0 Å². The summed E-state index contributed by atoms with van der Waals surface area (Å²) in [7, 11) is 3.94. The molecule has 40 heavy (non-hydrogen) atoms. The fraction of sp³-hybridized carbons (Fsp3) is 0.161. The van der Waals surface area contributed by atoms with E-state index in [1.54, 1.807) is 16.8 Å². The van der Waals surface area contributed by atoms with Gasteiger partial charge in [0, 0.05) is 36.5 Å². The number of carbonyl (C=O) groups is 1. The molecular weight excluding hydrogens is 507 g/mol. The Balaban J connectivity index is 1.59. The molecule has 0 radical (unpaired) electrons. The summed E-state index contributed by atoms with van der Waals surface area (Å²) in [5.41, 5.74) is 11.2. The lowest BCUT2D eigenvalue weighted by molar-refractivity contribution is -0.108. The third kappa shape index (κ3) is 4.16. The number of benzene rings is 3. The molecule has 2 aromatic heterocycles. The molecule has 8 nitrogen and oxygen atoms in total. The Morgan fingerprint density at radius 1 is 1.02 bits per heavy atom. The molecule has 5 aromatic rings. The first-order chi connectivity index (χ1) is 19.4. The molecule has 1 aliphatic heterocycles. The van der Waals surface area contributed by atoms with E-state index in [1.807, 2.05) is 74.4 Å². The lowest BCUT2D eigenvalue weighted by atomic mass is 9.83. The van der Waals surface area contributed by atoms with E-state index in [0.717, 1.165) is 17.5 Å². The lowest BCUT2D eigenvalue weighted by Crippen LogP contribution is -2.23. The lowest BCUT2D eigenvalue weighted by Gasteiger charge is -2.31. The SMILES string of the molecule is CC(C1=C(c2cccc(F)c2)C(C=O)c2ccccc2O1)n1nc(-c2cccc(N(C)C)c2)c2c(N)ncnc21. The van der Waals surface area contributed by atoms with E-state index in [0.29, 0.717) is 50.8 Å². The first kappa shape index (κ1) is 25.2. The zero-order chi connectivity index (χ0) is 28.0. The highest BCUT2D eigenvalue weighted by atomic mass is 19.1. The summed E-state index contributed by atoms with van der Waals surface area (Å²) < 4.78 is 22.6. The molecule has 3 aromatic carbocycles. The Morgan fingerprint density at radius 2 is 1.80 bits per heavy atom. The molecule has 0 amide bonds. The molecule has 2 unspecified atom stereocenters. The second-order valence-electron chi connectivity index (χ2n) is 9.91. The highest BCUT2D eigenvalue weighted by Crippen LogP contribution is 2.46. The van der Waals surface area contributed by atoms with Crippen LogP contribution in [0.25, 0.3) is 27.9 Å². The van der Waals surface area contributed by atoms with Crippen molar-refractivity contribution in [3.05, 3.63) is 102 Å². The first-order valence-corrected chi connectivity index (χ1v) is 12.9. The topological polar surface area (TPSA) is 99.2 Å². The molecule has 3 heterocycles. The summed E-state index contributed by atoms with van der Waals surface area (Å²) in [5.74, 6) is 0.256. The van der Waals surface area contributed by atoms with Gasteiger partial charge in [-0.2, -0.15) is 5.10 Å². The molecule has 0 saturated carbocycles. The van der Waals surface area contributed by atoms with Gasteiger partial charge < -0.3 is 20.2 Å². The Hall–Kier alpha value is -5.05. The predicted molar refractivity (Wildman–Crippen MR) is 153 cm³/mol. The van der Waals surface area contributed by atoms with Crippen LogP contribution in [0.15, 0.2) is 84.9 Å². The van der Waals surface area contributed by atoms with Crippen molar-refractivity contribution >= 4 is 34.4 Å². The number of rotatable bonds is 6. The number of nitrogens with two attached hydrogens (primary N) is 1. The highest BCUT2D eigenvalue weighted by Gasteiger charge is 2.35. The van der Waals surface area contributed by atoms with Crippen molar-refractivity contribution in [2.45, 2.75) is 18.9 Å². The van der Waals surface area contributed by atoms with E-state index < -0.39 is 17.8 Å². The highest BCUT2D eigenvalue weighted by molar-refractivity contribution is 5.99. The predicted octanol–water partition coefficient (Wildman–Crippen LogP) is 5.63. The zero-order valence-corrected chi connectivity index (χ0v) is 22.2. The molecular formula is C31H27FN6O2. The molecule has 2 N–H and O–H groups in total. The zero-order valence-electron chi connectivity index (χ0n) is 22.2. The minimum atomic E-state index is -0.665. The van der Waals surface area contributed by atoms with Crippen LogP contribution >= 0.6 is 0 Å². The van der Waals surface area contributed by atoms with Gasteiger partial charge in [-0.25, -0.2) is 19.0 Å². The molecule has 0 spiro atoms. The maximum absolute atomic E-state index is 14.4. The fourth-order valence-corrected chi connectivity index (χ4v) is 5.25. The number of nitrogens with zero attached hydrogens (tertiary/aromatic N) is 5. The number of aromatic nitrogens is 4. The quantitative estimate of drug-likeness (QED) is 0.282. The molecule has 1 aliphatic rings. The molecule has 0 aliphatic carbocycles. The third-order valence-electron chi connectivity index (χ3n) is 7.22. The monoisotopic (exact) mass is 534 g/mol. The van der Waals surface area contributed by atoms with Crippen molar-refractivity contribution in [1.82, 2.24) is 19.7 Å². The fourth-order valence-electron chi connectivity index (χ4n) is 5.25. The smallest absolute Gasteiger partial charge is 0.164 e. The van der Waals surface area contributed by atoms with Gasteiger partial charge in [0.05, 0.1) is 11.3 Å². The van der Waals surface area contributed by atoms with Crippen LogP contribution < -0.4 is 15.4 Å². The van der Waals surface area contributed by atoms with Crippen LogP contribution in [0.4, 0.5) is 15.9 Å². The number of halogens is 1. The normalized spacial score (nSPS) is 15.4. The van der Waals surface area contributed by atoms with Gasteiger partial charge in [0.1, 0.15) is 47.5 Å². The summed E-state index contributed by atoms with van der Waals surface area (Å²) in [4.78, 5) is 23.4. The molecule has 0 bridgehead atoms. The molecule has 0 saturated heterocycles. The maximum Gasteiger partial charge on any atom is 0.164 e. The van der Waals surface area contributed by atoms with Crippen molar-refractivity contribution in [2.24, 2.45) is 0 Å². The minimum Gasteiger partial charge on any atom is -0.459 e. The average Bonchev–Trinajstić information content (AvgIpc) is 3.37. The molecule has 2 atom stereocenters. The van der Waals surface area contributed by atoms with Gasteiger partial charge in [-0.1, -0.05) is 42.5 Å². The number of carbonyl (C=O) groups excluding carboxylic acids is 1. The van der Waals surface area contributed by atoms with E-state index >= 15 is 0 Å². The van der Waals surface area contributed by atoms with Gasteiger partial charge >= 0.3 is 0 Å². The Morgan fingerprint density at radius 3 is 2.58 bits per heavy atom. The van der Waals surface area contributed by atoms with E-state index in [9.17, 15) is 9.18 Å². The number of para-hydroxylation sites is 1. The van der Waals surface area contributed by atoms with Crippen molar-refractivity contribution in [3.63, 3.8) is 0 Å². The van der Waals surface area contributed by atoms with E-state index in [2.05, 4.69) is 9.97 Å². The largest absolute Gasteiger partial charge is 0.459 e. The van der Waals surface area contributed by atoms with Crippen LogP contribution in [0.1, 0.15) is 30.0 Å². The third-order valence-corrected chi connectivity index (χ3v) is 7.22. The summed E-state index contributed by atoms with van der Waals surface area (Å²) >= 11 is 0. The number of hydrogen-bond donors (Lipinski definition) is 1. The van der Waals surface area contributed by atoms with Crippen LogP contribution in [0.3, 0.4) is 0 Å². The number of ether oxygens (including phenoxy) is 1.